The van der Waals surface area contributed by atoms with Gasteiger partial charge in [0.1, 0.15) is 0 Å². The van der Waals surface area contributed by atoms with Gasteiger partial charge in [0.15, 0.2) is 5.82 Å². The molecule has 0 bridgehead atoms. The van der Waals surface area contributed by atoms with E-state index in [-0.39, 0.29) is 11.7 Å². The molecule has 1 aliphatic rings. The van der Waals surface area contributed by atoms with Gasteiger partial charge in [-0.2, -0.15) is 0 Å². The van der Waals surface area contributed by atoms with Crippen LogP contribution in [-0.2, 0) is 4.79 Å². The minimum Gasteiger partial charge on any atom is -0.364 e. The minimum absolute atomic E-state index is 0.187. The zero-order chi connectivity index (χ0) is 9.14. The van der Waals surface area contributed by atoms with Crippen molar-refractivity contribution in [2.45, 2.75) is 6.92 Å². The number of carbonyl (C=O) groups is 1. The fraction of sp³-hybridized carbons (Fsp3) is 0.500. The molecule has 1 amide bonds. The summed E-state index contributed by atoms with van der Waals surface area (Å²) in [6, 6.07) is 0. The summed E-state index contributed by atoms with van der Waals surface area (Å²) in [5, 5.41) is 12.8. The second-order valence-electron chi connectivity index (χ2n) is 2.40. The number of nitrogens with one attached hydrogen (secondary N) is 1. The molecule has 0 aromatic carbocycles. The molecule has 0 saturated carbocycles. The van der Waals surface area contributed by atoms with E-state index in [0.29, 0.717) is 13.1 Å². The van der Waals surface area contributed by atoms with Gasteiger partial charge in [0, 0.05) is 20.0 Å². The summed E-state index contributed by atoms with van der Waals surface area (Å²) in [4.78, 5) is 21.7. The first kappa shape index (κ1) is 8.51. The molecule has 0 radical (unpaired) electrons. The zero-order valence-corrected chi connectivity index (χ0v) is 6.61. The molecule has 6 nitrogen and oxygen atoms in total. The molecule has 0 unspecified atom stereocenters. The highest BCUT2D eigenvalue weighted by molar-refractivity contribution is 5.75. The van der Waals surface area contributed by atoms with Crippen LogP contribution in [0.1, 0.15) is 6.92 Å². The molecule has 1 fully saturated rings. The third kappa shape index (κ3) is 1.71. The summed E-state index contributed by atoms with van der Waals surface area (Å²) in [6.07, 6.45) is 0.800. The van der Waals surface area contributed by atoms with Crippen molar-refractivity contribution in [3.05, 3.63) is 22.1 Å². The summed E-state index contributed by atoms with van der Waals surface area (Å²) in [6.45, 7) is 2.44. The molecule has 12 heavy (non-hydrogen) atoms. The van der Waals surface area contributed by atoms with E-state index < -0.39 is 4.92 Å². The predicted octanol–water partition coefficient (Wildman–Crippen LogP) is -0.486. The average Bonchev–Trinajstić information content (AvgIpc) is 2.33. The minimum atomic E-state index is -0.580. The standard InChI is InChI=1S/C6H9N3O3/c1-5(10)8-3-2-7-6(8)4-9(11)12/h4,7H,2-3H2,1H3. The average molecular weight is 171 g/mol. The van der Waals surface area contributed by atoms with E-state index in [1.165, 1.54) is 11.8 Å². The number of nitro groups is 1. The smallest absolute Gasteiger partial charge is 0.274 e. The van der Waals surface area contributed by atoms with Gasteiger partial charge in [0.25, 0.3) is 6.20 Å². The molecule has 1 saturated heterocycles. The van der Waals surface area contributed by atoms with Crippen LogP contribution >= 0.6 is 0 Å². The van der Waals surface area contributed by atoms with E-state index in [2.05, 4.69) is 5.32 Å². The van der Waals surface area contributed by atoms with Crippen molar-refractivity contribution in [2.24, 2.45) is 0 Å². The maximum absolute atomic E-state index is 10.9. The van der Waals surface area contributed by atoms with Gasteiger partial charge in [-0.3, -0.25) is 19.8 Å². The first-order chi connectivity index (χ1) is 5.61. The Morgan fingerprint density at radius 2 is 2.50 bits per heavy atom. The Morgan fingerprint density at radius 1 is 1.83 bits per heavy atom. The van der Waals surface area contributed by atoms with Gasteiger partial charge >= 0.3 is 0 Å². The third-order valence-corrected chi connectivity index (χ3v) is 1.54. The Labute approximate surface area is 69.0 Å². The summed E-state index contributed by atoms with van der Waals surface area (Å²) in [7, 11) is 0. The lowest BCUT2D eigenvalue weighted by atomic mass is 10.5. The van der Waals surface area contributed by atoms with Crippen LogP contribution < -0.4 is 5.32 Å². The second kappa shape index (κ2) is 3.21. The van der Waals surface area contributed by atoms with Gasteiger partial charge in [-0.1, -0.05) is 0 Å². The topological polar surface area (TPSA) is 75.5 Å². The Morgan fingerprint density at radius 3 is 3.00 bits per heavy atom. The van der Waals surface area contributed by atoms with E-state index in [0.717, 1.165) is 6.20 Å². The molecule has 1 rings (SSSR count). The molecular weight excluding hydrogens is 162 g/mol. The van der Waals surface area contributed by atoms with Crippen molar-refractivity contribution in [2.75, 3.05) is 13.1 Å². The van der Waals surface area contributed by atoms with Crippen LogP contribution in [0.4, 0.5) is 0 Å². The lowest BCUT2D eigenvalue weighted by Gasteiger charge is -2.10. The summed E-state index contributed by atoms with van der Waals surface area (Å²) in [5.74, 6) is 0.0839. The first-order valence-electron chi connectivity index (χ1n) is 3.48. The molecule has 0 aromatic rings. The summed E-state index contributed by atoms with van der Waals surface area (Å²) >= 11 is 0. The predicted molar refractivity (Wildman–Crippen MR) is 40.5 cm³/mol. The Hall–Kier alpha value is -1.59. The molecule has 1 heterocycles. The quantitative estimate of drug-likeness (QED) is 0.427. The normalized spacial score (nSPS) is 19.4. The summed E-state index contributed by atoms with van der Waals surface area (Å²) < 4.78 is 0. The van der Waals surface area contributed by atoms with Crippen LogP contribution in [0.3, 0.4) is 0 Å². The Balaban J connectivity index is 2.76. The van der Waals surface area contributed by atoms with E-state index >= 15 is 0 Å². The van der Waals surface area contributed by atoms with Crippen LogP contribution in [-0.4, -0.2) is 28.8 Å². The highest BCUT2D eigenvalue weighted by atomic mass is 16.6. The monoisotopic (exact) mass is 171 g/mol. The number of hydrogen-bond donors (Lipinski definition) is 1. The van der Waals surface area contributed by atoms with Gasteiger partial charge in [-0.15, -0.1) is 0 Å². The number of amides is 1. The fourth-order valence-corrected chi connectivity index (χ4v) is 1.05. The van der Waals surface area contributed by atoms with E-state index in [4.69, 9.17) is 0 Å². The molecule has 0 atom stereocenters. The maximum Gasteiger partial charge on any atom is 0.274 e. The van der Waals surface area contributed by atoms with Gasteiger partial charge in [-0.25, -0.2) is 0 Å². The highest BCUT2D eigenvalue weighted by Crippen LogP contribution is 2.06. The van der Waals surface area contributed by atoms with Crippen molar-refractivity contribution < 1.29 is 9.72 Å². The largest absolute Gasteiger partial charge is 0.364 e. The van der Waals surface area contributed by atoms with Crippen LogP contribution in [0.5, 0.6) is 0 Å². The Kier molecular flexibility index (Phi) is 2.27. The molecule has 1 N–H and O–H groups in total. The molecule has 0 aromatic heterocycles. The van der Waals surface area contributed by atoms with Gasteiger partial charge in [0.2, 0.25) is 5.91 Å². The summed E-state index contributed by atoms with van der Waals surface area (Å²) in [5.41, 5.74) is 0. The third-order valence-electron chi connectivity index (χ3n) is 1.54. The zero-order valence-electron chi connectivity index (χ0n) is 6.61. The van der Waals surface area contributed by atoms with Gasteiger partial charge in [0.05, 0.1) is 4.92 Å². The van der Waals surface area contributed by atoms with Crippen molar-refractivity contribution in [1.29, 1.82) is 0 Å². The molecular formula is C6H9N3O3. The van der Waals surface area contributed by atoms with Crippen LogP contribution in [0.2, 0.25) is 0 Å². The number of carbonyl (C=O) groups excluding carboxylic acids is 1. The second-order valence-corrected chi connectivity index (χ2v) is 2.40. The molecule has 0 spiro atoms. The number of nitrogens with zero attached hydrogens (tertiary/aromatic N) is 2. The van der Waals surface area contributed by atoms with E-state index in [1.54, 1.807) is 0 Å². The first-order valence-corrected chi connectivity index (χ1v) is 3.48. The van der Waals surface area contributed by atoms with Gasteiger partial charge < -0.3 is 5.32 Å². The van der Waals surface area contributed by atoms with Gasteiger partial charge in [-0.05, 0) is 0 Å². The molecule has 66 valence electrons. The highest BCUT2D eigenvalue weighted by Gasteiger charge is 2.22. The lowest BCUT2D eigenvalue weighted by molar-refractivity contribution is -0.404. The molecule has 1 aliphatic heterocycles. The molecule has 0 aliphatic carbocycles. The molecule has 6 heteroatoms. The van der Waals surface area contributed by atoms with E-state index in [1.807, 2.05) is 0 Å². The Bertz CT molecular complexity index is 248. The van der Waals surface area contributed by atoms with Crippen molar-refractivity contribution in [1.82, 2.24) is 10.2 Å². The maximum atomic E-state index is 10.9. The van der Waals surface area contributed by atoms with E-state index in [9.17, 15) is 14.9 Å². The fourth-order valence-electron chi connectivity index (χ4n) is 1.05. The SMILES string of the molecule is CC(=O)N1CCNC1=C[N+](=O)[O-]. The van der Waals surface area contributed by atoms with Crippen molar-refractivity contribution in [3.63, 3.8) is 0 Å². The van der Waals surface area contributed by atoms with Crippen molar-refractivity contribution >= 4 is 5.91 Å². The number of rotatable bonds is 1. The van der Waals surface area contributed by atoms with Crippen LogP contribution in [0, 0.1) is 10.1 Å². The van der Waals surface area contributed by atoms with Crippen molar-refractivity contribution in [3.8, 4) is 0 Å². The lowest BCUT2D eigenvalue weighted by Crippen LogP contribution is -2.25. The van der Waals surface area contributed by atoms with Crippen LogP contribution in [0.25, 0.3) is 0 Å². The number of hydrogen-bond acceptors (Lipinski definition) is 4. The van der Waals surface area contributed by atoms with Crippen LogP contribution in [0.15, 0.2) is 12.0 Å².